The number of nitrogens with zero attached hydrogens (tertiary/aromatic N) is 3. The van der Waals surface area contributed by atoms with Gasteiger partial charge in [-0.1, -0.05) is 11.6 Å². The van der Waals surface area contributed by atoms with Crippen LogP contribution in [0, 0.1) is 5.92 Å². The Bertz CT molecular complexity index is 918. The summed E-state index contributed by atoms with van der Waals surface area (Å²) in [4.78, 5) is 22.1. The first-order valence-electron chi connectivity index (χ1n) is 9.36. The number of rotatable bonds is 5. The first-order valence-corrected chi connectivity index (χ1v) is 9.74. The average Bonchev–Trinajstić information content (AvgIpc) is 2.70. The van der Waals surface area contributed by atoms with Crippen molar-refractivity contribution in [2.45, 2.75) is 25.9 Å². The fraction of sp³-hybridized carbons (Fsp3) is 0.421. The number of hydrogen-bond donors (Lipinski definition) is 2. The van der Waals surface area contributed by atoms with Gasteiger partial charge in [0, 0.05) is 13.1 Å². The number of carbonyl (C=O) groups is 1. The third kappa shape index (κ3) is 4.86. The summed E-state index contributed by atoms with van der Waals surface area (Å²) in [6.07, 6.45) is -2.06. The highest BCUT2D eigenvalue weighted by molar-refractivity contribution is 6.33. The minimum Gasteiger partial charge on any atom is -0.466 e. The summed E-state index contributed by atoms with van der Waals surface area (Å²) >= 11 is 6.04. The van der Waals surface area contributed by atoms with E-state index >= 15 is 0 Å². The molecule has 2 aromatic rings. The number of hydrogen-bond acceptors (Lipinski definition) is 7. The number of halogens is 4. The van der Waals surface area contributed by atoms with Crippen LogP contribution in [0.1, 0.15) is 25.3 Å². The number of alkyl halides is 3. The Morgan fingerprint density at radius 2 is 2.03 bits per heavy atom. The third-order valence-corrected chi connectivity index (χ3v) is 5.15. The summed E-state index contributed by atoms with van der Waals surface area (Å²) in [6.45, 7) is 3.17. The van der Waals surface area contributed by atoms with Crippen LogP contribution in [0.5, 0.6) is 0 Å². The minimum absolute atomic E-state index is 0.0314. The number of aromatic nitrogens is 2. The van der Waals surface area contributed by atoms with Crippen molar-refractivity contribution in [2.24, 2.45) is 5.92 Å². The molecule has 2 heterocycles. The van der Waals surface area contributed by atoms with Crippen molar-refractivity contribution in [1.29, 1.82) is 0 Å². The molecule has 0 spiro atoms. The van der Waals surface area contributed by atoms with E-state index in [1.54, 1.807) is 6.92 Å². The molecule has 7 nitrogen and oxygen atoms in total. The highest BCUT2D eigenvalue weighted by Gasteiger charge is 2.31. The molecule has 3 rings (SSSR count). The zero-order valence-electron chi connectivity index (χ0n) is 16.2. The van der Waals surface area contributed by atoms with Crippen LogP contribution in [-0.2, 0) is 15.7 Å². The fourth-order valence-electron chi connectivity index (χ4n) is 3.25. The molecular formula is C19H21ClF3N5O2. The Balaban J connectivity index is 1.78. The van der Waals surface area contributed by atoms with Crippen molar-refractivity contribution in [3.63, 3.8) is 0 Å². The maximum Gasteiger partial charge on any atom is 0.416 e. The van der Waals surface area contributed by atoms with E-state index in [-0.39, 0.29) is 34.1 Å². The summed E-state index contributed by atoms with van der Waals surface area (Å²) in [5.41, 5.74) is 5.56. The molecule has 1 aromatic carbocycles. The molecule has 0 radical (unpaired) electrons. The minimum atomic E-state index is -4.51. The monoisotopic (exact) mass is 443 g/mol. The molecule has 30 heavy (non-hydrogen) atoms. The molecule has 0 saturated carbocycles. The number of nitrogen functional groups attached to an aromatic ring is 1. The van der Waals surface area contributed by atoms with Gasteiger partial charge in [0.2, 0.25) is 0 Å². The van der Waals surface area contributed by atoms with Gasteiger partial charge in [-0.15, -0.1) is 0 Å². The van der Waals surface area contributed by atoms with Gasteiger partial charge in [0.25, 0.3) is 0 Å². The number of anilines is 4. The van der Waals surface area contributed by atoms with Gasteiger partial charge in [0.05, 0.1) is 28.8 Å². The second-order valence-electron chi connectivity index (χ2n) is 6.79. The summed E-state index contributed by atoms with van der Waals surface area (Å²) < 4.78 is 44.1. The van der Waals surface area contributed by atoms with Crippen LogP contribution in [0.15, 0.2) is 24.5 Å². The number of nitrogens with one attached hydrogen (secondary N) is 1. The predicted octanol–water partition coefficient (Wildman–Crippen LogP) is 4.25. The van der Waals surface area contributed by atoms with Crippen LogP contribution in [0.2, 0.25) is 5.02 Å². The molecule has 162 valence electrons. The summed E-state index contributed by atoms with van der Waals surface area (Å²) in [7, 11) is 0. The van der Waals surface area contributed by atoms with Crippen LogP contribution in [-0.4, -0.2) is 35.6 Å². The standard InChI is InChI=1S/C19H21ClF3N5O2/c1-2-30-18(29)11-5-7-28(8-6-11)17-15(24)16(25-10-26-17)27-14-9-12(19(21,22)23)3-4-13(14)20/h3-4,9-11H,2,5-8,24H2,1H3,(H,25,26,27). The number of ether oxygens (including phenoxy) is 1. The topological polar surface area (TPSA) is 93.4 Å². The maximum absolute atomic E-state index is 13.0. The van der Waals surface area contributed by atoms with E-state index < -0.39 is 11.7 Å². The summed E-state index contributed by atoms with van der Waals surface area (Å²) in [5, 5.41) is 2.86. The molecule has 1 aliphatic rings. The second-order valence-corrected chi connectivity index (χ2v) is 7.20. The van der Waals surface area contributed by atoms with Gasteiger partial charge in [0.1, 0.15) is 12.0 Å². The molecule has 0 aliphatic carbocycles. The predicted molar refractivity (Wildman–Crippen MR) is 108 cm³/mol. The summed E-state index contributed by atoms with van der Waals surface area (Å²) in [6, 6.07) is 2.95. The molecule has 1 fully saturated rings. The molecule has 1 saturated heterocycles. The number of esters is 1. The SMILES string of the molecule is CCOC(=O)C1CCN(c2ncnc(Nc3cc(C(F)(F)F)ccc3Cl)c2N)CC1. The number of nitrogens with two attached hydrogens (primary N) is 1. The van der Waals surface area contributed by atoms with Crippen LogP contribution in [0.25, 0.3) is 0 Å². The molecule has 1 aromatic heterocycles. The van der Waals surface area contributed by atoms with E-state index in [4.69, 9.17) is 22.1 Å². The fourth-order valence-corrected chi connectivity index (χ4v) is 3.41. The van der Waals surface area contributed by atoms with Crippen molar-refractivity contribution in [3.8, 4) is 0 Å². The Labute approximate surface area is 176 Å². The molecule has 3 N–H and O–H groups in total. The molecule has 0 unspecified atom stereocenters. The van der Waals surface area contributed by atoms with Gasteiger partial charge in [-0.05, 0) is 38.0 Å². The Morgan fingerprint density at radius 1 is 1.33 bits per heavy atom. The van der Waals surface area contributed by atoms with Crippen molar-refractivity contribution < 1.29 is 22.7 Å². The number of benzene rings is 1. The molecule has 0 atom stereocenters. The van der Waals surface area contributed by atoms with Crippen molar-refractivity contribution in [2.75, 3.05) is 35.6 Å². The van der Waals surface area contributed by atoms with Crippen LogP contribution >= 0.6 is 11.6 Å². The van der Waals surface area contributed by atoms with E-state index in [1.165, 1.54) is 6.33 Å². The maximum atomic E-state index is 13.0. The Kier molecular flexibility index (Phi) is 6.55. The average molecular weight is 444 g/mol. The normalized spacial score (nSPS) is 15.2. The van der Waals surface area contributed by atoms with Crippen LogP contribution < -0.4 is 16.0 Å². The molecule has 1 aliphatic heterocycles. The van der Waals surface area contributed by atoms with Gasteiger partial charge in [-0.25, -0.2) is 9.97 Å². The first-order chi connectivity index (χ1) is 14.2. The number of piperidine rings is 1. The van der Waals surface area contributed by atoms with E-state index in [0.717, 1.165) is 18.2 Å². The van der Waals surface area contributed by atoms with Crippen molar-refractivity contribution in [1.82, 2.24) is 9.97 Å². The van der Waals surface area contributed by atoms with Crippen molar-refractivity contribution in [3.05, 3.63) is 35.1 Å². The van der Waals surface area contributed by atoms with E-state index in [0.29, 0.717) is 38.4 Å². The van der Waals surface area contributed by atoms with Crippen molar-refractivity contribution >= 4 is 40.6 Å². The van der Waals surface area contributed by atoms with E-state index in [9.17, 15) is 18.0 Å². The quantitative estimate of drug-likeness (QED) is 0.667. The zero-order valence-corrected chi connectivity index (χ0v) is 16.9. The zero-order chi connectivity index (χ0) is 21.9. The third-order valence-electron chi connectivity index (χ3n) is 4.82. The lowest BCUT2D eigenvalue weighted by molar-refractivity contribution is -0.148. The molecule has 0 bridgehead atoms. The van der Waals surface area contributed by atoms with Gasteiger partial charge < -0.3 is 20.7 Å². The number of carbonyl (C=O) groups excluding carboxylic acids is 1. The lowest BCUT2D eigenvalue weighted by atomic mass is 9.97. The van der Waals surface area contributed by atoms with Crippen LogP contribution in [0.3, 0.4) is 0 Å². The lowest BCUT2D eigenvalue weighted by Crippen LogP contribution is -2.37. The van der Waals surface area contributed by atoms with E-state index in [1.807, 2.05) is 4.90 Å². The van der Waals surface area contributed by atoms with Gasteiger partial charge in [-0.2, -0.15) is 13.2 Å². The first kappa shape index (κ1) is 21.9. The molecule has 0 amide bonds. The highest BCUT2D eigenvalue weighted by Crippen LogP contribution is 2.37. The highest BCUT2D eigenvalue weighted by atomic mass is 35.5. The Morgan fingerprint density at radius 3 is 2.67 bits per heavy atom. The smallest absolute Gasteiger partial charge is 0.416 e. The molecule has 11 heteroatoms. The Hall–Kier alpha value is -2.75. The lowest BCUT2D eigenvalue weighted by Gasteiger charge is -2.32. The summed E-state index contributed by atoms with van der Waals surface area (Å²) in [5.74, 6) is 0.201. The molecular weight excluding hydrogens is 423 g/mol. The van der Waals surface area contributed by atoms with Gasteiger partial charge in [0.15, 0.2) is 11.6 Å². The van der Waals surface area contributed by atoms with Gasteiger partial charge in [-0.3, -0.25) is 4.79 Å². The van der Waals surface area contributed by atoms with Gasteiger partial charge >= 0.3 is 12.1 Å². The van der Waals surface area contributed by atoms with E-state index in [2.05, 4.69) is 15.3 Å². The van der Waals surface area contributed by atoms with Crippen LogP contribution in [0.4, 0.5) is 36.2 Å². The second kappa shape index (κ2) is 8.95. The largest absolute Gasteiger partial charge is 0.466 e.